The van der Waals surface area contributed by atoms with Gasteiger partial charge < -0.3 is 0 Å². The summed E-state index contributed by atoms with van der Waals surface area (Å²) in [5.41, 5.74) is 0. The normalized spacial score (nSPS) is 12.0. The first-order valence-corrected chi connectivity index (χ1v) is 9.12. The van der Waals surface area contributed by atoms with Gasteiger partial charge in [-0.25, -0.2) is 0 Å². The van der Waals surface area contributed by atoms with Gasteiger partial charge in [-0.05, 0) is 33.6 Å². The Bertz CT molecular complexity index is 108. The van der Waals surface area contributed by atoms with E-state index in [1.165, 1.54) is 50.6 Å². The Labute approximate surface area is 92.2 Å². The summed E-state index contributed by atoms with van der Waals surface area (Å²) in [4.78, 5) is 0. The molecule has 0 saturated heterocycles. The van der Waals surface area contributed by atoms with Crippen molar-refractivity contribution in [3.8, 4) is 0 Å². The molecule has 1 heteroatoms. The second-order valence-corrected chi connectivity index (χ2v) is 9.46. The number of unbranched alkanes of at least 4 members (excludes halogenated alkanes) is 4. The maximum absolute atomic E-state index is 2.41. The lowest BCUT2D eigenvalue weighted by molar-refractivity contribution is 0.657. The first-order valence-electron chi connectivity index (χ1n) is 6.59. The Morgan fingerprint density at radius 3 is 1.57 bits per heavy atom. The van der Waals surface area contributed by atoms with Crippen molar-refractivity contribution >= 4 is 7.26 Å². The van der Waals surface area contributed by atoms with Crippen LogP contribution in [-0.4, -0.2) is 24.6 Å². The van der Waals surface area contributed by atoms with E-state index in [2.05, 4.69) is 27.7 Å². The summed E-state index contributed by atoms with van der Waals surface area (Å²) < 4.78 is 0. The van der Waals surface area contributed by atoms with Gasteiger partial charge in [-0.15, -0.1) is 0 Å². The minimum Gasteiger partial charge on any atom is -0.0654 e. The fourth-order valence-electron chi connectivity index (χ4n) is 2.20. The van der Waals surface area contributed by atoms with Crippen LogP contribution in [0.3, 0.4) is 0 Å². The van der Waals surface area contributed by atoms with Gasteiger partial charge in [0, 0.05) is 7.26 Å². The first kappa shape index (κ1) is 14.4. The van der Waals surface area contributed by atoms with E-state index in [-0.39, 0.29) is 0 Å². The largest absolute Gasteiger partial charge is 0.0654 e. The SMILES string of the molecule is CCCCCCC[P+](CC)(CC)CC. The molecular weight excluding hydrogens is 187 g/mol. The number of rotatable bonds is 9. The van der Waals surface area contributed by atoms with E-state index in [1.54, 1.807) is 6.16 Å². The van der Waals surface area contributed by atoms with Gasteiger partial charge in [0.15, 0.2) is 0 Å². The molecule has 0 fully saturated rings. The molecule has 0 atom stereocenters. The van der Waals surface area contributed by atoms with E-state index in [0.29, 0.717) is 0 Å². The second-order valence-electron chi connectivity index (χ2n) is 4.43. The average Bonchev–Trinajstić information content (AvgIpc) is 2.24. The van der Waals surface area contributed by atoms with Crippen LogP contribution in [0.4, 0.5) is 0 Å². The molecule has 14 heavy (non-hydrogen) atoms. The maximum Gasteiger partial charge on any atom is 0.0594 e. The Balaban J connectivity index is 3.61. The number of hydrogen-bond donors (Lipinski definition) is 0. The zero-order chi connectivity index (χ0) is 10.9. The molecule has 0 N–H and O–H groups in total. The molecule has 0 aliphatic heterocycles. The van der Waals surface area contributed by atoms with Gasteiger partial charge in [0.1, 0.15) is 0 Å². The summed E-state index contributed by atoms with van der Waals surface area (Å²) in [5, 5.41) is 0. The molecule has 0 aromatic carbocycles. The molecule has 0 unspecified atom stereocenters. The highest BCUT2D eigenvalue weighted by atomic mass is 31.2. The molecule has 0 bridgehead atoms. The van der Waals surface area contributed by atoms with E-state index < -0.39 is 7.26 Å². The maximum atomic E-state index is 2.41. The number of hydrogen-bond acceptors (Lipinski definition) is 0. The van der Waals surface area contributed by atoms with E-state index in [9.17, 15) is 0 Å². The van der Waals surface area contributed by atoms with Crippen molar-refractivity contribution in [3.63, 3.8) is 0 Å². The summed E-state index contributed by atoms with van der Waals surface area (Å²) in [5.74, 6) is 0. The van der Waals surface area contributed by atoms with Crippen LogP contribution in [0.2, 0.25) is 0 Å². The Morgan fingerprint density at radius 1 is 0.643 bits per heavy atom. The fourth-order valence-corrected chi connectivity index (χ4v) is 5.38. The third-order valence-electron chi connectivity index (χ3n) is 3.75. The highest BCUT2D eigenvalue weighted by Crippen LogP contribution is 2.58. The van der Waals surface area contributed by atoms with Gasteiger partial charge in [0.25, 0.3) is 0 Å². The molecule has 0 rings (SSSR count). The van der Waals surface area contributed by atoms with Crippen LogP contribution >= 0.6 is 7.26 Å². The standard InChI is InChI=1S/C13H30P/c1-5-9-10-11-12-13-14(6-2,7-3)8-4/h5-13H2,1-4H3/q+1. The Morgan fingerprint density at radius 2 is 1.14 bits per heavy atom. The van der Waals surface area contributed by atoms with Gasteiger partial charge in [0.2, 0.25) is 0 Å². The monoisotopic (exact) mass is 217 g/mol. The zero-order valence-corrected chi connectivity index (χ0v) is 11.7. The lowest BCUT2D eigenvalue weighted by atomic mass is 10.2. The molecule has 0 saturated carbocycles. The molecule has 0 spiro atoms. The molecule has 0 aliphatic carbocycles. The average molecular weight is 217 g/mol. The topological polar surface area (TPSA) is 0 Å². The highest BCUT2D eigenvalue weighted by molar-refractivity contribution is 7.75. The summed E-state index contributed by atoms with van der Waals surface area (Å²) in [6, 6.07) is 0. The van der Waals surface area contributed by atoms with Gasteiger partial charge in [-0.2, -0.15) is 0 Å². The first-order chi connectivity index (χ1) is 6.74. The smallest absolute Gasteiger partial charge is 0.0594 e. The molecule has 0 aliphatic rings. The van der Waals surface area contributed by atoms with E-state index in [1.807, 2.05) is 0 Å². The van der Waals surface area contributed by atoms with Crippen molar-refractivity contribution < 1.29 is 0 Å². The van der Waals surface area contributed by atoms with E-state index in [4.69, 9.17) is 0 Å². The molecular formula is C13H30P+. The van der Waals surface area contributed by atoms with Crippen LogP contribution in [0.25, 0.3) is 0 Å². The quantitative estimate of drug-likeness (QED) is 0.375. The van der Waals surface area contributed by atoms with Crippen LogP contribution in [0, 0.1) is 0 Å². The Kier molecular flexibility index (Phi) is 8.98. The second kappa shape index (κ2) is 8.72. The molecule has 0 radical (unpaired) electrons. The van der Waals surface area contributed by atoms with Gasteiger partial charge in [-0.1, -0.05) is 26.2 Å². The minimum atomic E-state index is -0.488. The van der Waals surface area contributed by atoms with Crippen molar-refractivity contribution in [2.75, 3.05) is 24.6 Å². The van der Waals surface area contributed by atoms with E-state index in [0.717, 1.165) is 0 Å². The molecule has 86 valence electrons. The van der Waals surface area contributed by atoms with Crippen molar-refractivity contribution in [2.24, 2.45) is 0 Å². The predicted molar refractivity (Wildman–Crippen MR) is 72.2 cm³/mol. The highest BCUT2D eigenvalue weighted by Gasteiger charge is 2.29. The molecule has 0 heterocycles. The van der Waals surface area contributed by atoms with Gasteiger partial charge in [0.05, 0.1) is 24.6 Å². The molecule has 0 aromatic rings. The lowest BCUT2D eigenvalue weighted by Crippen LogP contribution is -2.07. The fraction of sp³-hybridized carbons (Fsp3) is 1.00. The van der Waals surface area contributed by atoms with Crippen LogP contribution in [0.15, 0.2) is 0 Å². The predicted octanol–water partition coefficient (Wildman–Crippen LogP) is 5.03. The summed E-state index contributed by atoms with van der Waals surface area (Å²) in [7, 11) is -0.488. The van der Waals surface area contributed by atoms with E-state index >= 15 is 0 Å². The third-order valence-corrected chi connectivity index (χ3v) is 9.04. The van der Waals surface area contributed by atoms with Crippen molar-refractivity contribution in [2.45, 2.75) is 59.8 Å². The zero-order valence-electron chi connectivity index (χ0n) is 10.8. The van der Waals surface area contributed by atoms with Crippen molar-refractivity contribution in [1.29, 1.82) is 0 Å². The van der Waals surface area contributed by atoms with Crippen LogP contribution < -0.4 is 0 Å². The van der Waals surface area contributed by atoms with Crippen LogP contribution in [0.1, 0.15) is 59.8 Å². The lowest BCUT2D eigenvalue weighted by Gasteiger charge is -2.23. The van der Waals surface area contributed by atoms with Crippen LogP contribution in [-0.2, 0) is 0 Å². The molecule has 0 nitrogen and oxygen atoms in total. The minimum absolute atomic E-state index is 0.488. The molecule has 0 amide bonds. The van der Waals surface area contributed by atoms with Gasteiger partial charge >= 0.3 is 0 Å². The summed E-state index contributed by atoms with van der Waals surface area (Å²) >= 11 is 0. The summed E-state index contributed by atoms with van der Waals surface area (Å²) in [6.45, 7) is 9.52. The van der Waals surface area contributed by atoms with Crippen molar-refractivity contribution in [3.05, 3.63) is 0 Å². The van der Waals surface area contributed by atoms with Crippen molar-refractivity contribution in [1.82, 2.24) is 0 Å². The summed E-state index contributed by atoms with van der Waals surface area (Å²) in [6.07, 6.45) is 13.3. The van der Waals surface area contributed by atoms with Gasteiger partial charge in [-0.3, -0.25) is 0 Å². The molecule has 0 aromatic heterocycles. The third kappa shape index (κ3) is 5.35. The van der Waals surface area contributed by atoms with Crippen LogP contribution in [0.5, 0.6) is 0 Å². The Hall–Kier alpha value is 0.430.